The van der Waals surface area contributed by atoms with Crippen LogP contribution in [-0.4, -0.2) is 25.5 Å². The summed E-state index contributed by atoms with van der Waals surface area (Å²) in [5, 5.41) is 3.95. The van der Waals surface area contributed by atoms with Crippen LogP contribution in [0.15, 0.2) is 12.1 Å². The van der Waals surface area contributed by atoms with Crippen LogP contribution >= 0.6 is 11.6 Å². The van der Waals surface area contributed by atoms with Crippen molar-refractivity contribution in [2.24, 2.45) is 0 Å². The molecule has 1 aromatic rings. The van der Waals surface area contributed by atoms with E-state index in [2.05, 4.69) is 5.32 Å². The van der Waals surface area contributed by atoms with Crippen molar-refractivity contribution in [1.29, 1.82) is 0 Å². The maximum atomic E-state index is 6.21. The first-order valence-electron chi connectivity index (χ1n) is 5.85. The first kappa shape index (κ1) is 13.3. The number of benzene rings is 1. The van der Waals surface area contributed by atoms with Crippen molar-refractivity contribution in [2.45, 2.75) is 32.4 Å². The molecule has 1 aliphatic heterocycles. The molecule has 1 N–H and O–H groups in total. The molecule has 0 radical (unpaired) electrons. The Morgan fingerprint density at radius 2 is 1.94 bits per heavy atom. The van der Waals surface area contributed by atoms with E-state index in [1.807, 2.05) is 26.8 Å². The first-order chi connectivity index (χ1) is 8.44. The molecule has 1 aliphatic rings. The molecule has 1 aromatic carbocycles. The molecular weight excluding hydrogens is 254 g/mol. The number of rotatable bonds is 4. The number of ether oxygens (including phenoxy) is 3. The van der Waals surface area contributed by atoms with E-state index in [1.54, 1.807) is 13.2 Å². The van der Waals surface area contributed by atoms with Crippen LogP contribution in [0.2, 0.25) is 5.02 Å². The monoisotopic (exact) mass is 271 g/mol. The quantitative estimate of drug-likeness (QED) is 0.912. The van der Waals surface area contributed by atoms with E-state index >= 15 is 0 Å². The van der Waals surface area contributed by atoms with E-state index in [0.717, 1.165) is 5.69 Å². The zero-order chi connectivity index (χ0) is 13.3. The number of fused-ring (bicyclic) bond motifs is 1. The summed E-state index contributed by atoms with van der Waals surface area (Å²) in [6.07, 6.45) is 0. The van der Waals surface area contributed by atoms with Gasteiger partial charge in [0.15, 0.2) is 11.5 Å². The Morgan fingerprint density at radius 3 is 2.56 bits per heavy atom. The average Bonchev–Trinajstić information content (AvgIpc) is 2.76. The van der Waals surface area contributed by atoms with E-state index in [1.165, 1.54) is 0 Å². The van der Waals surface area contributed by atoms with Crippen molar-refractivity contribution < 1.29 is 14.2 Å². The number of hydrogen-bond donors (Lipinski definition) is 1. The van der Waals surface area contributed by atoms with Gasteiger partial charge in [0, 0.05) is 19.2 Å². The molecule has 0 aromatic heterocycles. The van der Waals surface area contributed by atoms with Gasteiger partial charge in [0.1, 0.15) is 0 Å². The van der Waals surface area contributed by atoms with Gasteiger partial charge < -0.3 is 19.5 Å². The third-order valence-corrected chi connectivity index (χ3v) is 3.72. The molecular formula is C13H18ClNO3. The molecule has 4 nitrogen and oxygen atoms in total. The van der Waals surface area contributed by atoms with Gasteiger partial charge in [-0.3, -0.25) is 0 Å². The Morgan fingerprint density at radius 1 is 1.33 bits per heavy atom. The fourth-order valence-corrected chi connectivity index (χ4v) is 1.82. The molecule has 1 atom stereocenters. The van der Waals surface area contributed by atoms with E-state index in [4.69, 9.17) is 25.8 Å². The highest BCUT2D eigenvalue weighted by molar-refractivity contribution is 6.33. The molecule has 0 fully saturated rings. The third kappa shape index (κ3) is 2.49. The molecule has 0 saturated carbocycles. The highest BCUT2D eigenvalue weighted by Gasteiger charge is 2.26. The fraction of sp³-hybridized carbons (Fsp3) is 0.538. The molecule has 0 bridgehead atoms. The molecule has 5 heteroatoms. The van der Waals surface area contributed by atoms with Crippen molar-refractivity contribution in [2.75, 3.05) is 19.2 Å². The van der Waals surface area contributed by atoms with Crippen molar-refractivity contribution >= 4 is 17.3 Å². The minimum Gasteiger partial charge on any atom is -0.454 e. The highest BCUT2D eigenvalue weighted by atomic mass is 35.5. The molecule has 0 aliphatic carbocycles. The highest BCUT2D eigenvalue weighted by Crippen LogP contribution is 2.39. The van der Waals surface area contributed by atoms with Crippen molar-refractivity contribution in [1.82, 2.24) is 0 Å². The lowest BCUT2D eigenvalue weighted by Crippen LogP contribution is -2.41. The van der Waals surface area contributed by atoms with Crippen LogP contribution in [0.4, 0.5) is 5.69 Å². The van der Waals surface area contributed by atoms with Crippen LogP contribution in [0.3, 0.4) is 0 Å². The topological polar surface area (TPSA) is 39.7 Å². The van der Waals surface area contributed by atoms with Gasteiger partial charge in [-0.25, -0.2) is 0 Å². The summed E-state index contributed by atoms with van der Waals surface area (Å²) >= 11 is 6.21. The van der Waals surface area contributed by atoms with Crippen molar-refractivity contribution in [3.05, 3.63) is 17.2 Å². The molecule has 1 heterocycles. The standard InChI is InChI=1S/C13H18ClNO3/c1-8(13(2,3)16-4)15-10-6-12-11(5-9(10)14)17-7-18-12/h5-6,8,15H,7H2,1-4H3. The predicted molar refractivity (Wildman–Crippen MR) is 71.7 cm³/mol. The lowest BCUT2D eigenvalue weighted by atomic mass is 10.00. The van der Waals surface area contributed by atoms with E-state index in [9.17, 15) is 0 Å². The van der Waals surface area contributed by atoms with Crippen LogP contribution < -0.4 is 14.8 Å². The van der Waals surface area contributed by atoms with Crippen LogP contribution in [0.25, 0.3) is 0 Å². The Labute approximate surface area is 112 Å². The largest absolute Gasteiger partial charge is 0.454 e. The lowest BCUT2D eigenvalue weighted by Gasteiger charge is -2.32. The van der Waals surface area contributed by atoms with Gasteiger partial charge in [-0.2, -0.15) is 0 Å². The Kier molecular flexibility index (Phi) is 3.59. The van der Waals surface area contributed by atoms with Crippen LogP contribution in [-0.2, 0) is 4.74 Å². The number of methoxy groups -OCH3 is 1. The third-order valence-electron chi connectivity index (χ3n) is 3.40. The Bertz CT molecular complexity index is 448. The zero-order valence-corrected chi connectivity index (χ0v) is 11.8. The number of nitrogens with one attached hydrogen (secondary N) is 1. The maximum absolute atomic E-state index is 6.21. The summed E-state index contributed by atoms with van der Waals surface area (Å²) in [5.74, 6) is 1.40. The van der Waals surface area contributed by atoms with Gasteiger partial charge in [0.25, 0.3) is 0 Å². The Balaban J connectivity index is 2.20. The molecule has 2 rings (SSSR count). The summed E-state index contributed by atoms with van der Waals surface area (Å²) in [6.45, 7) is 6.33. The maximum Gasteiger partial charge on any atom is 0.231 e. The summed E-state index contributed by atoms with van der Waals surface area (Å²) in [7, 11) is 1.69. The second kappa shape index (κ2) is 4.86. The number of hydrogen-bond acceptors (Lipinski definition) is 4. The predicted octanol–water partition coefficient (Wildman–Crippen LogP) is 3.29. The summed E-state index contributed by atoms with van der Waals surface area (Å²) < 4.78 is 16.0. The lowest BCUT2D eigenvalue weighted by molar-refractivity contribution is 0.0107. The molecule has 18 heavy (non-hydrogen) atoms. The van der Waals surface area contributed by atoms with E-state index in [-0.39, 0.29) is 18.4 Å². The summed E-state index contributed by atoms with van der Waals surface area (Å²) in [5.41, 5.74) is 0.526. The van der Waals surface area contributed by atoms with Gasteiger partial charge in [0.2, 0.25) is 6.79 Å². The Hall–Kier alpha value is -1.13. The van der Waals surface area contributed by atoms with Crippen molar-refractivity contribution in [3.63, 3.8) is 0 Å². The number of anilines is 1. The molecule has 100 valence electrons. The molecule has 0 saturated heterocycles. The van der Waals surface area contributed by atoms with E-state index < -0.39 is 0 Å². The summed E-state index contributed by atoms with van der Waals surface area (Å²) in [4.78, 5) is 0. The minimum atomic E-state index is -0.292. The summed E-state index contributed by atoms with van der Waals surface area (Å²) in [6, 6.07) is 3.71. The second-order valence-corrected chi connectivity index (χ2v) is 5.27. The molecule has 0 spiro atoms. The van der Waals surface area contributed by atoms with Gasteiger partial charge >= 0.3 is 0 Å². The zero-order valence-electron chi connectivity index (χ0n) is 11.0. The van der Waals surface area contributed by atoms with Gasteiger partial charge in [-0.05, 0) is 20.8 Å². The van der Waals surface area contributed by atoms with Gasteiger partial charge in [-0.15, -0.1) is 0 Å². The van der Waals surface area contributed by atoms with Crippen LogP contribution in [0.5, 0.6) is 11.5 Å². The fourth-order valence-electron chi connectivity index (χ4n) is 1.61. The molecule has 1 unspecified atom stereocenters. The van der Waals surface area contributed by atoms with Gasteiger partial charge in [0.05, 0.1) is 22.4 Å². The minimum absolute atomic E-state index is 0.0976. The normalized spacial score (nSPS) is 15.6. The second-order valence-electron chi connectivity index (χ2n) is 4.86. The average molecular weight is 272 g/mol. The SMILES string of the molecule is COC(C)(C)C(C)Nc1cc2c(cc1Cl)OCO2. The number of halogens is 1. The van der Waals surface area contributed by atoms with Crippen LogP contribution in [0.1, 0.15) is 20.8 Å². The van der Waals surface area contributed by atoms with Gasteiger partial charge in [-0.1, -0.05) is 11.6 Å². The first-order valence-corrected chi connectivity index (χ1v) is 6.22. The molecule has 0 amide bonds. The van der Waals surface area contributed by atoms with Crippen molar-refractivity contribution in [3.8, 4) is 11.5 Å². The smallest absolute Gasteiger partial charge is 0.231 e. The van der Waals surface area contributed by atoms with Crippen LogP contribution in [0, 0.1) is 0 Å². The van der Waals surface area contributed by atoms with E-state index in [0.29, 0.717) is 16.5 Å².